The van der Waals surface area contributed by atoms with Crippen molar-refractivity contribution < 1.29 is 80.2 Å². The fraction of sp³-hybridized carbons (Fsp3) is 0.941. The lowest BCUT2D eigenvalue weighted by Crippen LogP contribution is -2.30. The van der Waals surface area contributed by atoms with Gasteiger partial charge in [-0.1, -0.05) is 292 Å². The summed E-state index contributed by atoms with van der Waals surface area (Å²) in [5.41, 5.74) is 0. The Morgan fingerprint density at radius 2 is 0.529 bits per heavy atom. The van der Waals surface area contributed by atoms with Crippen LogP contribution in [0.15, 0.2) is 0 Å². The van der Waals surface area contributed by atoms with Crippen LogP contribution in [0.2, 0.25) is 0 Å². The molecule has 0 spiro atoms. The third-order valence-electron chi connectivity index (χ3n) is 15.7. The molecule has 516 valence electrons. The maximum Gasteiger partial charge on any atom is 0.472 e. The van der Waals surface area contributed by atoms with Crippen LogP contribution in [0, 0.1) is 11.8 Å². The summed E-state index contributed by atoms with van der Waals surface area (Å²) in [7, 11) is -9.88. The molecule has 0 aromatic carbocycles. The van der Waals surface area contributed by atoms with Crippen molar-refractivity contribution in [1.82, 2.24) is 0 Å². The van der Waals surface area contributed by atoms with Crippen molar-refractivity contribution >= 4 is 39.5 Å². The SMILES string of the molecule is CCCCCCCCCCCCCCCCC(=O)OC[C@H](COP(=O)(O)OC[C@@H](O)COP(=O)(O)OC[C@@H](COC(=O)CCCCCCC)OC(=O)CCCCCCCCC(C)C)OC(=O)CCCCCCCCCCCCCCCCCCC(C)C. The normalized spacial score (nSPS) is 14.2. The Morgan fingerprint density at radius 1 is 0.310 bits per heavy atom. The van der Waals surface area contributed by atoms with Gasteiger partial charge in [-0.2, -0.15) is 0 Å². The summed E-state index contributed by atoms with van der Waals surface area (Å²) >= 11 is 0. The lowest BCUT2D eigenvalue weighted by Gasteiger charge is -2.21. The Bertz CT molecular complexity index is 1700. The first kappa shape index (κ1) is 85.1. The van der Waals surface area contributed by atoms with Crippen molar-refractivity contribution in [2.45, 2.75) is 362 Å². The summed E-state index contributed by atoms with van der Waals surface area (Å²) in [4.78, 5) is 72.1. The minimum absolute atomic E-state index is 0.101. The number of rotatable bonds is 67. The van der Waals surface area contributed by atoms with Gasteiger partial charge in [-0.3, -0.25) is 37.3 Å². The number of carbonyl (C=O) groups excluding carboxylic acids is 4. The van der Waals surface area contributed by atoms with Crippen molar-refractivity contribution in [3.05, 3.63) is 0 Å². The summed E-state index contributed by atoms with van der Waals surface area (Å²) in [5, 5.41) is 10.5. The van der Waals surface area contributed by atoms with Gasteiger partial charge in [0.25, 0.3) is 0 Å². The standard InChI is InChI=1S/C68H132O17P2/c1-7-9-11-13-14-15-16-17-23-26-29-32-39-45-51-66(71)79-57-64(84-67(72)52-46-40-33-30-27-24-21-19-18-20-22-25-28-31-37-42-48-60(3)4)59-83-87(76,77)81-55-62(69)54-80-86(74,75)82-58-63(56-78-65(70)50-44-36-12-10-8-2)85-68(73)53-47-41-35-34-38-43-49-61(5)6/h60-64,69H,7-59H2,1-6H3,(H,74,75)(H,76,77)/t62-,63+,64+/m0/s1. The summed E-state index contributed by atoms with van der Waals surface area (Å²) in [6.45, 7) is 9.38. The molecule has 0 heterocycles. The van der Waals surface area contributed by atoms with Crippen LogP contribution in [0.5, 0.6) is 0 Å². The second-order valence-electron chi connectivity index (χ2n) is 25.5. The van der Waals surface area contributed by atoms with Gasteiger partial charge < -0.3 is 33.8 Å². The van der Waals surface area contributed by atoms with E-state index < -0.39 is 97.5 Å². The van der Waals surface area contributed by atoms with Gasteiger partial charge in [0, 0.05) is 25.7 Å². The number of carbonyl (C=O) groups is 4. The first-order valence-corrected chi connectivity index (χ1v) is 38.5. The third-order valence-corrected chi connectivity index (χ3v) is 17.6. The Balaban J connectivity index is 5.13. The number of ether oxygens (including phenoxy) is 4. The molecule has 0 aliphatic rings. The maximum atomic E-state index is 13.0. The smallest absolute Gasteiger partial charge is 0.462 e. The van der Waals surface area contributed by atoms with Gasteiger partial charge in [-0.15, -0.1) is 0 Å². The van der Waals surface area contributed by atoms with E-state index in [-0.39, 0.29) is 25.7 Å². The molecule has 0 bridgehead atoms. The molecule has 5 atom stereocenters. The van der Waals surface area contributed by atoms with E-state index in [2.05, 4.69) is 41.5 Å². The summed E-state index contributed by atoms with van der Waals surface area (Å²) in [5.74, 6) is -0.663. The van der Waals surface area contributed by atoms with E-state index in [1.807, 2.05) is 0 Å². The lowest BCUT2D eigenvalue weighted by atomic mass is 10.0. The first-order chi connectivity index (χ1) is 41.9. The molecular formula is C68H132O17P2. The monoisotopic (exact) mass is 1280 g/mol. The number of hydrogen-bond acceptors (Lipinski definition) is 15. The fourth-order valence-corrected chi connectivity index (χ4v) is 11.8. The van der Waals surface area contributed by atoms with Crippen LogP contribution in [0.3, 0.4) is 0 Å². The highest BCUT2D eigenvalue weighted by Crippen LogP contribution is 2.45. The van der Waals surface area contributed by atoms with Gasteiger partial charge >= 0.3 is 39.5 Å². The van der Waals surface area contributed by atoms with E-state index in [0.717, 1.165) is 102 Å². The molecule has 2 unspecified atom stereocenters. The molecule has 87 heavy (non-hydrogen) atoms. The van der Waals surface area contributed by atoms with E-state index in [9.17, 15) is 43.2 Å². The molecule has 0 aromatic heterocycles. The molecule has 0 rings (SSSR count). The number of aliphatic hydroxyl groups is 1. The van der Waals surface area contributed by atoms with Crippen molar-refractivity contribution in [3.63, 3.8) is 0 Å². The lowest BCUT2D eigenvalue weighted by molar-refractivity contribution is -0.161. The van der Waals surface area contributed by atoms with Crippen molar-refractivity contribution in [1.29, 1.82) is 0 Å². The number of esters is 4. The van der Waals surface area contributed by atoms with Gasteiger partial charge in [0.15, 0.2) is 12.2 Å². The zero-order chi connectivity index (χ0) is 64.3. The molecule has 0 aromatic rings. The zero-order valence-electron chi connectivity index (χ0n) is 56.3. The molecule has 17 nitrogen and oxygen atoms in total. The number of aliphatic hydroxyl groups excluding tert-OH is 1. The van der Waals surface area contributed by atoms with E-state index >= 15 is 0 Å². The number of phosphoric acid groups is 2. The molecule has 0 aliphatic heterocycles. The molecule has 0 saturated heterocycles. The minimum Gasteiger partial charge on any atom is -0.462 e. The highest BCUT2D eigenvalue weighted by molar-refractivity contribution is 7.47. The average molecular weight is 1280 g/mol. The van der Waals surface area contributed by atoms with E-state index in [1.165, 1.54) is 154 Å². The van der Waals surface area contributed by atoms with Crippen LogP contribution in [0.25, 0.3) is 0 Å². The first-order valence-electron chi connectivity index (χ1n) is 35.5. The van der Waals surface area contributed by atoms with E-state index in [0.29, 0.717) is 31.6 Å². The van der Waals surface area contributed by atoms with Gasteiger partial charge in [0.1, 0.15) is 19.3 Å². The second kappa shape index (κ2) is 60.3. The molecule has 19 heteroatoms. The number of unbranched alkanes of at least 4 members (excludes halogenated alkanes) is 37. The van der Waals surface area contributed by atoms with Crippen LogP contribution in [0.1, 0.15) is 343 Å². The quantitative estimate of drug-likeness (QED) is 0.0222. The van der Waals surface area contributed by atoms with Gasteiger partial charge in [0.05, 0.1) is 26.4 Å². The van der Waals surface area contributed by atoms with Crippen LogP contribution < -0.4 is 0 Å². The van der Waals surface area contributed by atoms with Crippen LogP contribution in [-0.2, 0) is 65.4 Å². The minimum atomic E-state index is -4.95. The zero-order valence-corrected chi connectivity index (χ0v) is 58.1. The molecule has 0 fully saturated rings. The Labute approximate surface area is 530 Å². The molecule has 0 radical (unpaired) electrons. The van der Waals surface area contributed by atoms with Crippen LogP contribution in [0.4, 0.5) is 0 Å². The van der Waals surface area contributed by atoms with E-state index in [1.54, 1.807) is 0 Å². The Hall–Kier alpha value is -1.94. The summed E-state index contributed by atoms with van der Waals surface area (Å²) in [6, 6.07) is 0. The highest BCUT2D eigenvalue weighted by atomic mass is 31.2. The molecule has 0 aliphatic carbocycles. The van der Waals surface area contributed by atoms with Gasteiger partial charge in [-0.25, -0.2) is 9.13 Å². The maximum absolute atomic E-state index is 13.0. The molecule has 0 saturated carbocycles. The number of phosphoric ester groups is 2. The predicted octanol–water partition coefficient (Wildman–Crippen LogP) is 19.2. The summed E-state index contributed by atoms with van der Waals surface area (Å²) in [6.07, 6.45) is 45.1. The van der Waals surface area contributed by atoms with Gasteiger partial charge in [0.2, 0.25) is 0 Å². The van der Waals surface area contributed by atoms with Crippen molar-refractivity contribution in [3.8, 4) is 0 Å². The predicted molar refractivity (Wildman–Crippen MR) is 349 cm³/mol. The Morgan fingerprint density at radius 3 is 0.782 bits per heavy atom. The number of hydrogen-bond donors (Lipinski definition) is 3. The topological polar surface area (TPSA) is 237 Å². The van der Waals surface area contributed by atoms with Crippen molar-refractivity contribution in [2.24, 2.45) is 11.8 Å². The molecule has 3 N–H and O–H groups in total. The van der Waals surface area contributed by atoms with Gasteiger partial charge in [-0.05, 0) is 37.5 Å². The fourth-order valence-electron chi connectivity index (χ4n) is 10.2. The highest BCUT2D eigenvalue weighted by Gasteiger charge is 2.30. The van der Waals surface area contributed by atoms with Crippen LogP contribution >= 0.6 is 15.6 Å². The third kappa shape index (κ3) is 62.6. The summed E-state index contributed by atoms with van der Waals surface area (Å²) < 4.78 is 67.9. The van der Waals surface area contributed by atoms with Crippen molar-refractivity contribution in [2.75, 3.05) is 39.6 Å². The van der Waals surface area contributed by atoms with Crippen LogP contribution in [-0.4, -0.2) is 96.7 Å². The Kier molecular flexibility index (Phi) is 59.0. The van der Waals surface area contributed by atoms with E-state index in [4.69, 9.17) is 37.0 Å². The average Bonchev–Trinajstić information content (AvgIpc) is 3.69. The second-order valence-corrected chi connectivity index (χ2v) is 28.4. The molecule has 0 amide bonds. The molecular weight excluding hydrogens is 1150 g/mol. The largest absolute Gasteiger partial charge is 0.472 e.